The summed E-state index contributed by atoms with van der Waals surface area (Å²) in [6.07, 6.45) is 0. The third-order valence-electron chi connectivity index (χ3n) is 3.57. The zero-order valence-corrected chi connectivity index (χ0v) is 13.8. The monoisotopic (exact) mass is 357 g/mol. The predicted molar refractivity (Wildman–Crippen MR) is 90.9 cm³/mol. The fourth-order valence-corrected chi connectivity index (χ4v) is 2.73. The molecular weight excluding hydrogens is 342 g/mol. The molecule has 0 aliphatic rings. The lowest BCUT2D eigenvalue weighted by Gasteiger charge is -2.09. The smallest absolute Gasteiger partial charge is 0.251 e. The number of para-hydroxylation sites is 2. The van der Waals surface area contributed by atoms with Gasteiger partial charge in [0.2, 0.25) is 0 Å². The molecule has 22 heavy (non-hydrogen) atoms. The summed E-state index contributed by atoms with van der Waals surface area (Å²) in [5.41, 5.74) is 2.74. The van der Waals surface area contributed by atoms with Crippen molar-refractivity contribution in [2.24, 2.45) is 0 Å². The van der Waals surface area contributed by atoms with Gasteiger partial charge < -0.3 is 9.88 Å². The average Bonchev–Trinajstić information content (AvgIpc) is 2.84. The molecule has 0 unspecified atom stereocenters. The Morgan fingerprint density at radius 3 is 2.68 bits per heavy atom. The van der Waals surface area contributed by atoms with Gasteiger partial charge in [-0.05, 0) is 43.3 Å². The molecule has 1 N–H and O–H groups in total. The highest BCUT2D eigenvalue weighted by Crippen LogP contribution is 2.15. The molecule has 0 spiro atoms. The molecule has 3 aromatic rings. The molecule has 5 heteroatoms. The fraction of sp³-hybridized carbons (Fsp3) is 0.176. The quantitative estimate of drug-likeness (QED) is 0.776. The Hall–Kier alpha value is -2.14. The first-order valence-corrected chi connectivity index (χ1v) is 7.90. The molecular formula is C17H16BrN3O. The molecule has 0 aliphatic heterocycles. The third-order valence-corrected chi connectivity index (χ3v) is 4.10. The second-order valence-electron chi connectivity index (χ2n) is 5.06. The van der Waals surface area contributed by atoms with Gasteiger partial charge in [0.1, 0.15) is 5.82 Å². The average molecular weight is 358 g/mol. The molecule has 112 valence electrons. The maximum Gasteiger partial charge on any atom is 0.251 e. The van der Waals surface area contributed by atoms with Crippen molar-refractivity contribution in [3.63, 3.8) is 0 Å². The third kappa shape index (κ3) is 3.04. The highest BCUT2D eigenvalue weighted by molar-refractivity contribution is 9.10. The first-order valence-electron chi connectivity index (χ1n) is 7.11. The van der Waals surface area contributed by atoms with Crippen LogP contribution in [0.25, 0.3) is 11.0 Å². The van der Waals surface area contributed by atoms with Crippen LogP contribution in [0.2, 0.25) is 0 Å². The second kappa shape index (κ2) is 6.32. The predicted octanol–water partition coefficient (Wildman–Crippen LogP) is 3.54. The Bertz CT molecular complexity index is 808. The molecule has 2 aromatic carbocycles. The summed E-state index contributed by atoms with van der Waals surface area (Å²) in [5.74, 6) is 0.897. The molecule has 1 amide bonds. The van der Waals surface area contributed by atoms with Crippen molar-refractivity contribution in [2.45, 2.75) is 13.5 Å². The maximum absolute atomic E-state index is 12.1. The standard InChI is InChI=1S/C17H16BrN3O/c1-12-20-15-4-2-3-5-16(15)21(12)11-10-19-17(22)13-6-8-14(18)9-7-13/h2-9H,10-11H2,1H3,(H,19,22). The van der Waals surface area contributed by atoms with Crippen molar-refractivity contribution in [1.29, 1.82) is 0 Å². The molecule has 0 aliphatic carbocycles. The van der Waals surface area contributed by atoms with Crippen LogP contribution in [0.3, 0.4) is 0 Å². The zero-order valence-electron chi connectivity index (χ0n) is 12.2. The zero-order chi connectivity index (χ0) is 15.5. The van der Waals surface area contributed by atoms with Gasteiger partial charge in [-0.1, -0.05) is 28.1 Å². The molecule has 0 saturated heterocycles. The molecule has 4 nitrogen and oxygen atoms in total. The van der Waals surface area contributed by atoms with Gasteiger partial charge in [-0.2, -0.15) is 0 Å². The minimum atomic E-state index is -0.0606. The summed E-state index contributed by atoms with van der Waals surface area (Å²) in [5, 5.41) is 2.95. The van der Waals surface area contributed by atoms with Crippen molar-refractivity contribution in [2.75, 3.05) is 6.54 Å². The van der Waals surface area contributed by atoms with Crippen molar-refractivity contribution >= 4 is 32.9 Å². The first-order chi connectivity index (χ1) is 10.6. The topological polar surface area (TPSA) is 46.9 Å². The summed E-state index contributed by atoms with van der Waals surface area (Å²) in [6.45, 7) is 3.25. The lowest BCUT2D eigenvalue weighted by atomic mass is 10.2. The van der Waals surface area contributed by atoms with Gasteiger partial charge in [0.25, 0.3) is 5.91 Å². The maximum atomic E-state index is 12.1. The molecule has 0 atom stereocenters. The Labute approximate surface area is 137 Å². The number of rotatable bonds is 4. The number of aryl methyl sites for hydroxylation is 1. The van der Waals surface area contributed by atoms with Crippen LogP contribution in [-0.2, 0) is 6.54 Å². The van der Waals surface area contributed by atoms with E-state index in [1.165, 1.54) is 0 Å². The highest BCUT2D eigenvalue weighted by Gasteiger charge is 2.08. The van der Waals surface area contributed by atoms with Crippen LogP contribution >= 0.6 is 15.9 Å². The van der Waals surface area contributed by atoms with Gasteiger partial charge in [0, 0.05) is 23.1 Å². The van der Waals surface area contributed by atoms with Crippen molar-refractivity contribution < 1.29 is 4.79 Å². The molecule has 1 heterocycles. The van der Waals surface area contributed by atoms with Gasteiger partial charge in [-0.25, -0.2) is 4.98 Å². The molecule has 3 rings (SSSR count). The highest BCUT2D eigenvalue weighted by atomic mass is 79.9. The van der Waals surface area contributed by atoms with E-state index < -0.39 is 0 Å². The number of carbonyl (C=O) groups is 1. The van der Waals surface area contributed by atoms with Crippen LogP contribution in [-0.4, -0.2) is 22.0 Å². The van der Waals surface area contributed by atoms with Gasteiger partial charge in [-0.3, -0.25) is 4.79 Å². The summed E-state index contributed by atoms with van der Waals surface area (Å²) in [4.78, 5) is 16.6. The van der Waals surface area contributed by atoms with Crippen LogP contribution in [0.15, 0.2) is 53.0 Å². The van der Waals surface area contributed by atoms with Crippen LogP contribution in [0.1, 0.15) is 16.2 Å². The normalized spacial score (nSPS) is 10.8. The van der Waals surface area contributed by atoms with E-state index in [9.17, 15) is 4.79 Å². The fourth-order valence-electron chi connectivity index (χ4n) is 2.46. The van der Waals surface area contributed by atoms with Gasteiger partial charge in [-0.15, -0.1) is 0 Å². The second-order valence-corrected chi connectivity index (χ2v) is 5.98. The van der Waals surface area contributed by atoms with Crippen LogP contribution < -0.4 is 5.32 Å². The van der Waals surface area contributed by atoms with E-state index in [1.54, 1.807) is 12.1 Å². The van der Waals surface area contributed by atoms with Crippen molar-refractivity contribution in [1.82, 2.24) is 14.9 Å². The minimum Gasteiger partial charge on any atom is -0.350 e. The first kappa shape index (κ1) is 14.8. The number of benzene rings is 2. The number of nitrogens with zero attached hydrogens (tertiary/aromatic N) is 2. The van der Waals surface area contributed by atoms with Crippen molar-refractivity contribution in [3.05, 3.63) is 64.4 Å². The van der Waals surface area contributed by atoms with Gasteiger partial charge in [0.15, 0.2) is 0 Å². The van der Waals surface area contributed by atoms with Crippen molar-refractivity contribution in [3.8, 4) is 0 Å². The van der Waals surface area contributed by atoms with E-state index >= 15 is 0 Å². The minimum absolute atomic E-state index is 0.0606. The molecule has 0 bridgehead atoms. The number of carbonyl (C=O) groups excluding carboxylic acids is 1. The number of aromatic nitrogens is 2. The van der Waals surface area contributed by atoms with Crippen LogP contribution in [0.5, 0.6) is 0 Å². The summed E-state index contributed by atoms with van der Waals surface area (Å²) in [6, 6.07) is 15.4. The SMILES string of the molecule is Cc1nc2ccccc2n1CCNC(=O)c1ccc(Br)cc1. The van der Waals surface area contributed by atoms with E-state index in [2.05, 4.69) is 30.8 Å². The lowest BCUT2D eigenvalue weighted by Crippen LogP contribution is -2.27. The van der Waals surface area contributed by atoms with E-state index in [1.807, 2.05) is 43.3 Å². The number of nitrogens with one attached hydrogen (secondary N) is 1. The van der Waals surface area contributed by atoms with Crippen LogP contribution in [0.4, 0.5) is 0 Å². The Morgan fingerprint density at radius 1 is 1.18 bits per heavy atom. The van der Waals surface area contributed by atoms with E-state index in [-0.39, 0.29) is 5.91 Å². The van der Waals surface area contributed by atoms with Gasteiger partial charge in [0.05, 0.1) is 11.0 Å². The summed E-state index contributed by atoms with van der Waals surface area (Å²) >= 11 is 3.36. The number of amides is 1. The Balaban J connectivity index is 1.66. The van der Waals surface area contributed by atoms with Crippen LogP contribution in [0, 0.1) is 6.92 Å². The summed E-state index contributed by atoms with van der Waals surface area (Å²) < 4.78 is 3.08. The lowest BCUT2D eigenvalue weighted by molar-refractivity contribution is 0.0952. The molecule has 0 radical (unpaired) electrons. The molecule has 1 aromatic heterocycles. The molecule has 0 saturated carbocycles. The van der Waals surface area contributed by atoms with E-state index in [0.29, 0.717) is 18.7 Å². The number of fused-ring (bicyclic) bond motifs is 1. The summed E-state index contributed by atoms with van der Waals surface area (Å²) in [7, 11) is 0. The number of imidazole rings is 1. The Morgan fingerprint density at radius 2 is 1.91 bits per heavy atom. The number of halogens is 1. The molecule has 0 fully saturated rings. The number of hydrogen-bond acceptors (Lipinski definition) is 2. The Kier molecular flexibility index (Phi) is 4.24. The largest absolute Gasteiger partial charge is 0.350 e. The van der Waals surface area contributed by atoms with Gasteiger partial charge >= 0.3 is 0 Å². The number of hydrogen-bond donors (Lipinski definition) is 1. The van der Waals surface area contributed by atoms with E-state index in [4.69, 9.17) is 0 Å². The van der Waals surface area contributed by atoms with E-state index in [0.717, 1.165) is 21.3 Å².